The van der Waals surface area contributed by atoms with Crippen LogP contribution in [0.25, 0.3) is 5.57 Å². The Balaban J connectivity index is 2.09. The number of rotatable bonds is 0. The second kappa shape index (κ2) is 3.92. The van der Waals surface area contributed by atoms with Gasteiger partial charge in [0.15, 0.2) is 5.78 Å². The molecule has 1 aromatic carbocycles. The summed E-state index contributed by atoms with van der Waals surface area (Å²) >= 11 is 0. The third-order valence-corrected chi connectivity index (χ3v) is 4.58. The highest BCUT2D eigenvalue weighted by atomic mass is 16.2. The first-order valence-corrected chi connectivity index (χ1v) is 6.91. The summed E-state index contributed by atoms with van der Waals surface area (Å²) in [5.41, 5.74) is 4.37. The number of carbonyl (C=O) groups is 2. The maximum Gasteiger partial charge on any atom is 0.256 e. The largest absolute Gasteiger partial charge is 0.321 e. The van der Waals surface area contributed by atoms with E-state index in [0.717, 1.165) is 22.4 Å². The molecule has 4 rings (SSSR count). The smallest absolute Gasteiger partial charge is 0.256 e. The highest BCUT2D eigenvalue weighted by Crippen LogP contribution is 2.48. The maximum absolute atomic E-state index is 12.7. The molecule has 0 saturated carbocycles. The van der Waals surface area contributed by atoms with Crippen LogP contribution in [0.5, 0.6) is 0 Å². The molecule has 0 unspecified atom stereocenters. The van der Waals surface area contributed by atoms with Crippen molar-refractivity contribution in [3.8, 4) is 6.07 Å². The zero-order valence-corrected chi connectivity index (χ0v) is 11.4. The topological polar surface area (TPSA) is 70.0 Å². The number of anilines is 1. The summed E-state index contributed by atoms with van der Waals surface area (Å²) in [6.07, 6.45) is 2.31. The van der Waals surface area contributed by atoms with Gasteiger partial charge in [-0.1, -0.05) is 23.8 Å². The number of Topliss-reactive ketones (excluding diaryl/α,β-unsaturated/α-hetero) is 1. The molecule has 1 amide bonds. The molecular weight excluding hydrogens is 264 g/mol. The number of allylic oxidation sites excluding steroid dienone is 3. The Morgan fingerprint density at radius 1 is 1.33 bits per heavy atom. The van der Waals surface area contributed by atoms with Gasteiger partial charge in [-0.25, -0.2) is 0 Å². The monoisotopic (exact) mass is 276 g/mol. The van der Waals surface area contributed by atoms with Crippen LogP contribution in [0.2, 0.25) is 0 Å². The van der Waals surface area contributed by atoms with E-state index in [0.29, 0.717) is 17.6 Å². The second-order valence-corrected chi connectivity index (χ2v) is 5.76. The molecule has 0 radical (unpaired) electrons. The molecule has 21 heavy (non-hydrogen) atoms. The molecule has 4 nitrogen and oxygen atoms in total. The molecule has 1 heterocycles. The predicted molar refractivity (Wildman–Crippen MR) is 77.2 cm³/mol. The van der Waals surface area contributed by atoms with Crippen molar-refractivity contribution in [3.63, 3.8) is 0 Å². The molecule has 2 atom stereocenters. The molecule has 0 saturated heterocycles. The summed E-state index contributed by atoms with van der Waals surface area (Å²) in [5.74, 6) is -0.981. The van der Waals surface area contributed by atoms with Crippen LogP contribution in [0.15, 0.2) is 35.4 Å². The van der Waals surface area contributed by atoms with Crippen molar-refractivity contribution in [1.82, 2.24) is 0 Å². The van der Waals surface area contributed by atoms with Gasteiger partial charge >= 0.3 is 0 Å². The molecule has 0 aromatic heterocycles. The van der Waals surface area contributed by atoms with Crippen molar-refractivity contribution in [1.29, 1.82) is 5.26 Å². The average molecular weight is 276 g/mol. The Morgan fingerprint density at radius 2 is 2.14 bits per heavy atom. The van der Waals surface area contributed by atoms with E-state index in [2.05, 4.69) is 11.4 Å². The van der Waals surface area contributed by atoms with Gasteiger partial charge in [-0.05, 0) is 25.0 Å². The van der Waals surface area contributed by atoms with Crippen molar-refractivity contribution in [2.24, 2.45) is 5.92 Å². The Labute approximate surface area is 121 Å². The normalized spacial score (nSPS) is 25.8. The molecule has 102 valence electrons. The van der Waals surface area contributed by atoms with Crippen molar-refractivity contribution in [2.45, 2.75) is 19.3 Å². The van der Waals surface area contributed by atoms with Gasteiger partial charge in [-0.2, -0.15) is 5.26 Å². The number of nitrogens with one attached hydrogen (secondary N) is 1. The lowest BCUT2D eigenvalue weighted by Crippen LogP contribution is -2.27. The zero-order valence-electron chi connectivity index (χ0n) is 11.4. The minimum Gasteiger partial charge on any atom is -0.321 e. The molecule has 1 N–H and O–H groups in total. The summed E-state index contributed by atoms with van der Waals surface area (Å²) in [6.45, 7) is 1.90. The van der Waals surface area contributed by atoms with Gasteiger partial charge < -0.3 is 5.32 Å². The van der Waals surface area contributed by atoms with E-state index >= 15 is 0 Å². The van der Waals surface area contributed by atoms with Crippen LogP contribution < -0.4 is 5.32 Å². The van der Waals surface area contributed by atoms with Crippen LogP contribution in [0.3, 0.4) is 0 Å². The maximum atomic E-state index is 12.7. The quantitative estimate of drug-likeness (QED) is 0.791. The molecular formula is C17H12N2O2. The van der Waals surface area contributed by atoms with E-state index in [1.165, 1.54) is 0 Å². The molecule has 2 aliphatic carbocycles. The van der Waals surface area contributed by atoms with E-state index < -0.39 is 5.92 Å². The number of fused-ring (bicyclic) bond motifs is 3. The van der Waals surface area contributed by atoms with Gasteiger partial charge in [0, 0.05) is 28.3 Å². The van der Waals surface area contributed by atoms with Crippen LogP contribution in [0.4, 0.5) is 5.69 Å². The summed E-state index contributed by atoms with van der Waals surface area (Å²) in [7, 11) is 0. The van der Waals surface area contributed by atoms with Crippen molar-refractivity contribution >= 4 is 23.0 Å². The summed E-state index contributed by atoms with van der Waals surface area (Å²) < 4.78 is 0. The first kappa shape index (κ1) is 12.1. The first-order valence-electron chi connectivity index (χ1n) is 6.91. The van der Waals surface area contributed by atoms with E-state index in [4.69, 9.17) is 0 Å². The van der Waals surface area contributed by atoms with Gasteiger partial charge in [0.1, 0.15) is 0 Å². The summed E-state index contributed by atoms with van der Waals surface area (Å²) in [5, 5.41) is 12.3. The third-order valence-electron chi connectivity index (χ3n) is 4.58. The van der Waals surface area contributed by atoms with Crippen molar-refractivity contribution < 1.29 is 9.59 Å². The number of carbonyl (C=O) groups excluding carboxylic acids is 2. The summed E-state index contributed by atoms with van der Waals surface area (Å²) in [6, 6.07) is 7.72. The van der Waals surface area contributed by atoms with Crippen LogP contribution in [0.1, 0.15) is 30.4 Å². The van der Waals surface area contributed by atoms with Crippen molar-refractivity contribution in [3.05, 3.63) is 46.5 Å². The molecule has 1 aromatic rings. The number of nitriles is 1. The molecule has 0 fully saturated rings. The number of hydrogen-bond acceptors (Lipinski definition) is 3. The highest BCUT2D eigenvalue weighted by molar-refractivity contribution is 6.33. The number of benzene rings is 1. The fraction of sp³-hybridized carbons (Fsp3) is 0.235. The summed E-state index contributed by atoms with van der Waals surface area (Å²) in [4.78, 5) is 24.9. The molecule has 2 bridgehead atoms. The molecule has 3 aliphatic rings. The van der Waals surface area contributed by atoms with Gasteiger partial charge in [0.25, 0.3) is 5.91 Å². The van der Waals surface area contributed by atoms with E-state index in [1.54, 1.807) is 6.08 Å². The minimum atomic E-state index is -0.537. The standard InChI is InChI=1S/C17H12N2O2/c1-8-5-9-6-11-14-10(15(16(9)20)12(8)7-18)3-2-4-13(14)19-17(11)21/h2-4,6,9,15H,5H2,1H3,(H,19,21)/t9-,15-/m1/s1. The third kappa shape index (κ3) is 1.43. The first-order chi connectivity index (χ1) is 10.1. The highest BCUT2D eigenvalue weighted by Gasteiger charge is 2.43. The number of ketones is 1. The Morgan fingerprint density at radius 3 is 2.90 bits per heavy atom. The van der Waals surface area contributed by atoms with Gasteiger partial charge in [-0.15, -0.1) is 0 Å². The molecule has 1 aliphatic heterocycles. The lowest BCUT2D eigenvalue weighted by atomic mass is 9.74. The lowest BCUT2D eigenvalue weighted by molar-refractivity contribution is -0.122. The molecule has 4 heteroatoms. The van der Waals surface area contributed by atoms with Gasteiger partial charge in [0.05, 0.1) is 12.0 Å². The number of hydrogen-bond donors (Lipinski definition) is 1. The lowest BCUT2D eigenvalue weighted by Gasteiger charge is -2.26. The van der Waals surface area contributed by atoms with Crippen molar-refractivity contribution in [2.75, 3.05) is 5.32 Å². The van der Waals surface area contributed by atoms with E-state index in [1.807, 2.05) is 25.1 Å². The predicted octanol–water partition coefficient (Wildman–Crippen LogP) is 2.55. The fourth-order valence-corrected chi connectivity index (χ4v) is 3.63. The van der Waals surface area contributed by atoms with Crippen LogP contribution in [0, 0.1) is 17.2 Å². The average Bonchev–Trinajstić information content (AvgIpc) is 2.74. The number of nitrogens with zero attached hydrogens (tertiary/aromatic N) is 1. The van der Waals surface area contributed by atoms with E-state index in [9.17, 15) is 14.9 Å². The van der Waals surface area contributed by atoms with Crippen LogP contribution >= 0.6 is 0 Å². The second-order valence-electron chi connectivity index (χ2n) is 5.76. The SMILES string of the molecule is CC1=C(C#N)[C@@H]2C(=O)[C@@H](C=C3C(=O)Nc4cccc2c43)C1. The zero-order chi connectivity index (χ0) is 14.7. The Kier molecular flexibility index (Phi) is 2.26. The van der Waals surface area contributed by atoms with Crippen LogP contribution in [-0.4, -0.2) is 11.7 Å². The van der Waals surface area contributed by atoms with E-state index in [-0.39, 0.29) is 17.6 Å². The molecule has 0 spiro atoms. The van der Waals surface area contributed by atoms with Gasteiger partial charge in [-0.3, -0.25) is 9.59 Å². The Hall–Kier alpha value is -2.67. The Bertz CT molecular complexity index is 824. The number of amides is 1. The fourth-order valence-electron chi connectivity index (χ4n) is 3.63. The minimum absolute atomic E-state index is 0.0280. The van der Waals surface area contributed by atoms with Gasteiger partial charge in [0.2, 0.25) is 0 Å². The van der Waals surface area contributed by atoms with Crippen LogP contribution in [-0.2, 0) is 9.59 Å².